The smallest absolute Gasteiger partial charge is 0.221 e. The lowest BCUT2D eigenvalue weighted by molar-refractivity contribution is -0.114. The maximum atomic E-state index is 10.8. The summed E-state index contributed by atoms with van der Waals surface area (Å²) in [5.41, 5.74) is 2.12. The Balaban J connectivity index is 1.84. The summed E-state index contributed by atoms with van der Waals surface area (Å²) in [6.07, 6.45) is 1.30. The first-order valence-corrected chi connectivity index (χ1v) is 5.75. The van der Waals surface area contributed by atoms with E-state index < -0.39 is 0 Å². The number of carbonyl (C=O) groups excluding carboxylic acids is 1. The van der Waals surface area contributed by atoms with Crippen LogP contribution in [0.3, 0.4) is 0 Å². The molecule has 0 spiro atoms. The second-order valence-electron chi connectivity index (χ2n) is 4.58. The van der Waals surface area contributed by atoms with E-state index >= 15 is 0 Å². The van der Waals surface area contributed by atoms with Crippen LogP contribution in [0.15, 0.2) is 24.3 Å². The molecule has 1 saturated carbocycles. The zero-order valence-corrected chi connectivity index (χ0v) is 9.79. The molecule has 0 saturated heterocycles. The van der Waals surface area contributed by atoms with E-state index in [0.29, 0.717) is 6.04 Å². The van der Waals surface area contributed by atoms with Gasteiger partial charge in [-0.2, -0.15) is 0 Å². The Hall–Kier alpha value is -1.35. The number of amides is 1. The summed E-state index contributed by atoms with van der Waals surface area (Å²) in [6, 6.07) is 8.68. The van der Waals surface area contributed by atoms with Crippen molar-refractivity contribution in [3.05, 3.63) is 29.8 Å². The van der Waals surface area contributed by atoms with Gasteiger partial charge in [0.15, 0.2) is 0 Å². The van der Waals surface area contributed by atoms with Crippen LogP contribution in [0.1, 0.15) is 25.8 Å². The minimum absolute atomic E-state index is 0.0299. The first-order valence-electron chi connectivity index (χ1n) is 5.75. The van der Waals surface area contributed by atoms with Crippen molar-refractivity contribution in [2.75, 3.05) is 5.32 Å². The standard InChI is InChI=1S/C13H18N2O/c1-9-7-13(9)14-8-11-3-5-12(6-4-11)15-10(2)16/h3-6,9,13-14H,7-8H2,1-2H3,(H,15,16). The van der Waals surface area contributed by atoms with Crippen molar-refractivity contribution in [1.29, 1.82) is 0 Å². The summed E-state index contributed by atoms with van der Waals surface area (Å²) in [5.74, 6) is 0.802. The lowest BCUT2D eigenvalue weighted by Gasteiger charge is -2.05. The first-order chi connectivity index (χ1) is 7.65. The minimum atomic E-state index is -0.0299. The van der Waals surface area contributed by atoms with E-state index in [1.54, 1.807) is 0 Å². The number of nitrogens with one attached hydrogen (secondary N) is 2. The summed E-state index contributed by atoms with van der Waals surface area (Å²) in [5, 5.41) is 6.25. The van der Waals surface area contributed by atoms with Crippen LogP contribution >= 0.6 is 0 Å². The van der Waals surface area contributed by atoms with Crippen LogP contribution in [-0.2, 0) is 11.3 Å². The van der Waals surface area contributed by atoms with E-state index in [-0.39, 0.29) is 5.91 Å². The molecule has 3 heteroatoms. The van der Waals surface area contributed by atoms with Gasteiger partial charge in [0, 0.05) is 25.2 Å². The molecule has 1 fully saturated rings. The van der Waals surface area contributed by atoms with Crippen LogP contribution in [0.5, 0.6) is 0 Å². The van der Waals surface area contributed by atoms with Gasteiger partial charge in [-0.3, -0.25) is 4.79 Å². The zero-order chi connectivity index (χ0) is 11.5. The van der Waals surface area contributed by atoms with Crippen LogP contribution in [-0.4, -0.2) is 11.9 Å². The number of rotatable bonds is 4. The van der Waals surface area contributed by atoms with Gasteiger partial charge in [0.25, 0.3) is 0 Å². The molecule has 2 atom stereocenters. The van der Waals surface area contributed by atoms with Crippen molar-refractivity contribution < 1.29 is 4.79 Å². The lowest BCUT2D eigenvalue weighted by Crippen LogP contribution is -2.17. The van der Waals surface area contributed by atoms with Crippen molar-refractivity contribution in [1.82, 2.24) is 5.32 Å². The Morgan fingerprint density at radius 3 is 2.50 bits per heavy atom. The van der Waals surface area contributed by atoms with Gasteiger partial charge < -0.3 is 10.6 Å². The first kappa shape index (κ1) is 11.1. The second kappa shape index (κ2) is 4.66. The Morgan fingerprint density at radius 1 is 1.38 bits per heavy atom. The number of carbonyl (C=O) groups is 1. The molecule has 86 valence electrons. The highest BCUT2D eigenvalue weighted by atomic mass is 16.1. The van der Waals surface area contributed by atoms with Gasteiger partial charge in [-0.05, 0) is 30.0 Å². The van der Waals surface area contributed by atoms with Crippen LogP contribution in [0.4, 0.5) is 5.69 Å². The molecule has 1 aliphatic rings. The molecule has 0 radical (unpaired) electrons. The molecule has 2 rings (SSSR count). The molecule has 0 aromatic heterocycles. The Morgan fingerprint density at radius 2 is 2.00 bits per heavy atom. The average Bonchev–Trinajstić information content (AvgIpc) is 2.93. The van der Waals surface area contributed by atoms with Gasteiger partial charge >= 0.3 is 0 Å². The zero-order valence-electron chi connectivity index (χ0n) is 9.79. The molecule has 2 unspecified atom stereocenters. The van der Waals surface area contributed by atoms with Crippen LogP contribution < -0.4 is 10.6 Å². The molecule has 0 aliphatic heterocycles. The van der Waals surface area contributed by atoms with Crippen LogP contribution in [0, 0.1) is 5.92 Å². The summed E-state index contributed by atoms with van der Waals surface area (Å²) in [7, 11) is 0. The number of hydrogen-bond donors (Lipinski definition) is 2. The van der Waals surface area contributed by atoms with Gasteiger partial charge in [-0.25, -0.2) is 0 Å². The molecule has 0 bridgehead atoms. The Bertz CT molecular complexity index is 372. The quantitative estimate of drug-likeness (QED) is 0.813. The number of benzene rings is 1. The van der Waals surface area contributed by atoms with E-state index in [9.17, 15) is 4.79 Å². The van der Waals surface area contributed by atoms with Crippen molar-refractivity contribution in [2.24, 2.45) is 5.92 Å². The summed E-state index contributed by atoms with van der Waals surface area (Å²) in [6.45, 7) is 4.69. The number of hydrogen-bond acceptors (Lipinski definition) is 2. The maximum absolute atomic E-state index is 10.8. The molecule has 1 amide bonds. The Kier molecular flexibility index (Phi) is 3.25. The molecule has 2 N–H and O–H groups in total. The third-order valence-electron chi connectivity index (χ3n) is 2.95. The predicted octanol–water partition coefficient (Wildman–Crippen LogP) is 2.14. The molecule has 1 aromatic rings. The molecule has 0 heterocycles. The highest BCUT2D eigenvalue weighted by Crippen LogP contribution is 2.29. The fourth-order valence-electron chi connectivity index (χ4n) is 1.76. The average molecular weight is 218 g/mol. The summed E-state index contributed by atoms with van der Waals surface area (Å²) >= 11 is 0. The van der Waals surface area contributed by atoms with Gasteiger partial charge in [0.2, 0.25) is 5.91 Å². The van der Waals surface area contributed by atoms with Crippen molar-refractivity contribution in [2.45, 2.75) is 32.9 Å². The van der Waals surface area contributed by atoms with Gasteiger partial charge in [0.1, 0.15) is 0 Å². The monoisotopic (exact) mass is 218 g/mol. The van der Waals surface area contributed by atoms with Gasteiger partial charge in [-0.1, -0.05) is 19.1 Å². The maximum Gasteiger partial charge on any atom is 0.221 e. The lowest BCUT2D eigenvalue weighted by atomic mass is 10.2. The predicted molar refractivity (Wildman–Crippen MR) is 65.2 cm³/mol. The van der Waals surface area contributed by atoms with Gasteiger partial charge in [0.05, 0.1) is 0 Å². The number of anilines is 1. The van der Waals surface area contributed by atoms with Crippen molar-refractivity contribution in [3.8, 4) is 0 Å². The van der Waals surface area contributed by atoms with Crippen molar-refractivity contribution in [3.63, 3.8) is 0 Å². The molecule has 16 heavy (non-hydrogen) atoms. The topological polar surface area (TPSA) is 41.1 Å². The highest BCUT2D eigenvalue weighted by molar-refractivity contribution is 5.88. The van der Waals surface area contributed by atoms with E-state index in [0.717, 1.165) is 18.2 Å². The largest absolute Gasteiger partial charge is 0.326 e. The van der Waals surface area contributed by atoms with E-state index in [2.05, 4.69) is 17.6 Å². The minimum Gasteiger partial charge on any atom is -0.326 e. The van der Waals surface area contributed by atoms with Crippen molar-refractivity contribution >= 4 is 11.6 Å². The fourth-order valence-corrected chi connectivity index (χ4v) is 1.76. The fraction of sp³-hybridized carbons (Fsp3) is 0.462. The molecule has 3 nitrogen and oxygen atoms in total. The van der Waals surface area contributed by atoms with Crippen LogP contribution in [0.25, 0.3) is 0 Å². The SMILES string of the molecule is CC(=O)Nc1ccc(CNC2CC2C)cc1. The molecule has 1 aliphatic carbocycles. The third-order valence-corrected chi connectivity index (χ3v) is 2.95. The Labute approximate surface area is 96.2 Å². The van der Waals surface area contributed by atoms with E-state index in [1.165, 1.54) is 18.9 Å². The summed E-state index contributed by atoms with van der Waals surface area (Å²) < 4.78 is 0. The molecule has 1 aromatic carbocycles. The normalized spacial score (nSPS) is 22.9. The van der Waals surface area contributed by atoms with Gasteiger partial charge in [-0.15, -0.1) is 0 Å². The van der Waals surface area contributed by atoms with E-state index in [1.807, 2.05) is 24.3 Å². The summed E-state index contributed by atoms with van der Waals surface area (Å²) in [4.78, 5) is 10.8. The second-order valence-corrected chi connectivity index (χ2v) is 4.58. The van der Waals surface area contributed by atoms with Crippen LogP contribution in [0.2, 0.25) is 0 Å². The molecular formula is C13H18N2O. The third kappa shape index (κ3) is 3.07. The molecular weight excluding hydrogens is 200 g/mol. The van der Waals surface area contributed by atoms with E-state index in [4.69, 9.17) is 0 Å². The highest BCUT2D eigenvalue weighted by Gasteiger charge is 2.31.